The lowest BCUT2D eigenvalue weighted by molar-refractivity contribution is 0.466. The molecule has 2 atom stereocenters. The summed E-state index contributed by atoms with van der Waals surface area (Å²) in [6.07, 6.45) is 0.641. The second kappa shape index (κ2) is 7.37. The maximum absolute atomic E-state index is 15.0. The number of phenols is 1. The van der Waals surface area contributed by atoms with E-state index in [1.54, 1.807) is 30.3 Å². The van der Waals surface area contributed by atoms with Crippen LogP contribution in [0.5, 0.6) is 5.75 Å². The van der Waals surface area contributed by atoms with E-state index in [2.05, 4.69) is 15.9 Å². The van der Waals surface area contributed by atoms with E-state index in [0.717, 1.165) is 16.8 Å². The number of rotatable bonds is 2. The van der Waals surface area contributed by atoms with E-state index in [-0.39, 0.29) is 17.4 Å². The van der Waals surface area contributed by atoms with Crippen LogP contribution in [0.3, 0.4) is 0 Å². The number of hydrogen-bond acceptors (Lipinski definition) is 2. The van der Waals surface area contributed by atoms with Crippen LogP contribution in [0.4, 0.5) is 14.5 Å². The van der Waals surface area contributed by atoms with Crippen LogP contribution >= 0.6 is 27.5 Å². The molecule has 144 valence electrons. The zero-order valence-electron chi connectivity index (χ0n) is 15.0. The fourth-order valence-electron chi connectivity index (χ4n) is 3.98. The Morgan fingerprint density at radius 2 is 1.68 bits per heavy atom. The van der Waals surface area contributed by atoms with Crippen molar-refractivity contribution in [3.8, 4) is 5.75 Å². The minimum absolute atomic E-state index is 0.0170. The van der Waals surface area contributed by atoms with Crippen molar-refractivity contribution >= 4 is 33.2 Å². The molecule has 0 saturated heterocycles. The molecule has 28 heavy (non-hydrogen) atoms. The molecule has 1 heterocycles. The third-order valence-corrected chi connectivity index (χ3v) is 5.84. The molecule has 0 saturated carbocycles. The molecule has 1 aliphatic heterocycles. The molecule has 1 unspecified atom stereocenters. The summed E-state index contributed by atoms with van der Waals surface area (Å²) in [5.41, 5.74) is 2.45. The monoisotopic (exact) mass is 463 g/mol. The Kier molecular flexibility index (Phi) is 5.06. The predicted molar refractivity (Wildman–Crippen MR) is 111 cm³/mol. The zero-order valence-corrected chi connectivity index (χ0v) is 17.3. The van der Waals surface area contributed by atoms with Gasteiger partial charge < -0.3 is 10.0 Å². The number of phenolic OH excluding ortho intramolecular Hbond substituents is 1. The van der Waals surface area contributed by atoms with E-state index in [0.29, 0.717) is 15.9 Å². The maximum atomic E-state index is 15.0. The Hall–Kier alpha value is -2.11. The average Bonchev–Trinajstić information content (AvgIpc) is 2.61. The third-order valence-electron chi connectivity index (χ3n) is 5.13. The number of hydrogen-bond donors (Lipinski definition) is 1. The number of benzene rings is 3. The molecule has 0 radical (unpaired) electrons. The highest BCUT2D eigenvalue weighted by molar-refractivity contribution is 9.10. The average molecular weight is 465 g/mol. The standard InChI is InChI=1S/C22H17BrClF2NO/c1-12-8-13-9-17(28)6-7-18(13)22(21-19(25)10-14(23)11-20(21)26)27(12)16-4-2-15(24)3-5-16/h2-7,9-12,22,28H,8H2,1H3/t12-,22?/m1/s1. The SMILES string of the molecule is C[C@@H]1Cc2cc(O)ccc2C(c2c(F)cc(Br)cc2F)N1c1ccc(Cl)cc1. The largest absolute Gasteiger partial charge is 0.508 e. The first-order valence-electron chi connectivity index (χ1n) is 8.85. The van der Waals surface area contributed by atoms with Crippen LogP contribution in [0.1, 0.15) is 29.7 Å². The predicted octanol–water partition coefficient (Wildman–Crippen LogP) is 6.63. The lowest BCUT2D eigenvalue weighted by Gasteiger charge is -2.44. The molecule has 6 heteroatoms. The van der Waals surface area contributed by atoms with Gasteiger partial charge in [0.2, 0.25) is 0 Å². The van der Waals surface area contributed by atoms with E-state index in [1.807, 2.05) is 24.0 Å². The third kappa shape index (κ3) is 3.38. The summed E-state index contributed by atoms with van der Waals surface area (Å²) in [5.74, 6) is -1.10. The van der Waals surface area contributed by atoms with Crippen LogP contribution in [0.25, 0.3) is 0 Å². The molecule has 3 aromatic rings. The molecular weight excluding hydrogens is 448 g/mol. The molecule has 3 aromatic carbocycles. The van der Waals surface area contributed by atoms with Crippen molar-refractivity contribution in [2.24, 2.45) is 0 Å². The van der Waals surface area contributed by atoms with Crippen molar-refractivity contribution in [2.45, 2.75) is 25.4 Å². The highest BCUT2D eigenvalue weighted by atomic mass is 79.9. The zero-order chi connectivity index (χ0) is 20.0. The van der Waals surface area contributed by atoms with Crippen LogP contribution in [0, 0.1) is 11.6 Å². The number of aromatic hydroxyl groups is 1. The summed E-state index contributed by atoms with van der Waals surface area (Å²) >= 11 is 9.19. The van der Waals surface area contributed by atoms with E-state index in [9.17, 15) is 13.9 Å². The highest BCUT2D eigenvalue weighted by Crippen LogP contribution is 2.44. The summed E-state index contributed by atoms with van der Waals surface area (Å²) in [7, 11) is 0. The molecule has 0 aliphatic carbocycles. The van der Waals surface area contributed by atoms with Gasteiger partial charge in [-0.25, -0.2) is 8.78 Å². The fourth-order valence-corrected chi connectivity index (χ4v) is 4.51. The van der Waals surface area contributed by atoms with Gasteiger partial charge in [0.05, 0.1) is 11.6 Å². The molecule has 1 aliphatic rings. The summed E-state index contributed by atoms with van der Waals surface area (Å²) in [6, 6.07) is 14.0. The number of halogens is 4. The van der Waals surface area contributed by atoms with Gasteiger partial charge in [-0.2, -0.15) is 0 Å². The van der Waals surface area contributed by atoms with Gasteiger partial charge in [0.1, 0.15) is 17.4 Å². The Bertz CT molecular complexity index is 1020. The van der Waals surface area contributed by atoms with Crippen molar-refractivity contribution in [1.29, 1.82) is 0 Å². The summed E-state index contributed by atoms with van der Waals surface area (Å²) in [6.45, 7) is 2.00. The summed E-state index contributed by atoms with van der Waals surface area (Å²) in [5, 5.41) is 10.5. The van der Waals surface area contributed by atoms with Crippen molar-refractivity contribution in [3.05, 3.63) is 92.4 Å². The minimum Gasteiger partial charge on any atom is -0.508 e. The normalized spacial score (nSPS) is 18.8. The van der Waals surface area contributed by atoms with Crippen molar-refractivity contribution in [2.75, 3.05) is 4.90 Å². The van der Waals surface area contributed by atoms with Gasteiger partial charge in [-0.15, -0.1) is 0 Å². The molecule has 0 spiro atoms. The van der Waals surface area contributed by atoms with Gasteiger partial charge in [0.15, 0.2) is 0 Å². The summed E-state index contributed by atoms with van der Waals surface area (Å²) < 4.78 is 30.3. The Labute approximate surface area is 175 Å². The molecule has 4 rings (SSSR count). The molecular formula is C22H17BrClF2NO. The van der Waals surface area contributed by atoms with Gasteiger partial charge >= 0.3 is 0 Å². The number of anilines is 1. The smallest absolute Gasteiger partial charge is 0.132 e. The van der Waals surface area contributed by atoms with Gasteiger partial charge in [0.25, 0.3) is 0 Å². The second-order valence-corrected chi connectivity index (χ2v) is 8.36. The van der Waals surface area contributed by atoms with E-state index in [1.165, 1.54) is 12.1 Å². The van der Waals surface area contributed by atoms with Crippen LogP contribution in [-0.4, -0.2) is 11.1 Å². The topological polar surface area (TPSA) is 23.5 Å². The van der Waals surface area contributed by atoms with Gasteiger partial charge in [-0.05, 0) is 73.0 Å². The van der Waals surface area contributed by atoms with Crippen molar-refractivity contribution in [3.63, 3.8) is 0 Å². The number of fused-ring (bicyclic) bond motifs is 1. The first-order valence-corrected chi connectivity index (χ1v) is 10.0. The molecule has 2 nitrogen and oxygen atoms in total. The first kappa shape index (κ1) is 19.2. The second-order valence-electron chi connectivity index (χ2n) is 7.01. The lowest BCUT2D eigenvalue weighted by Crippen LogP contribution is -2.43. The minimum atomic E-state index is -0.673. The highest BCUT2D eigenvalue weighted by Gasteiger charge is 2.37. The Morgan fingerprint density at radius 1 is 1.04 bits per heavy atom. The lowest BCUT2D eigenvalue weighted by atomic mass is 9.84. The molecule has 1 N–H and O–H groups in total. The van der Waals surface area contributed by atoms with Crippen molar-refractivity contribution in [1.82, 2.24) is 0 Å². The number of nitrogens with zero attached hydrogens (tertiary/aromatic N) is 1. The van der Waals surface area contributed by atoms with Gasteiger partial charge in [-0.1, -0.05) is 33.6 Å². The summed E-state index contributed by atoms with van der Waals surface area (Å²) in [4.78, 5) is 2.01. The van der Waals surface area contributed by atoms with E-state index in [4.69, 9.17) is 11.6 Å². The quantitative estimate of drug-likeness (QED) is 0.460. The van der Waals surface area contributed by atoms with Gasteiger partial charge in [0, 0.05) is 21.2 Å². The fraction of sp³-hybridized carbons (Fsp3) is 0.182. The molecule has 0 fully saturated rings. The van der Waals surface area contributed by atoms with Gasteiger partial charge in [-0.3, -0.25) is 0 Å². The molecule has 0 aromatic heterocycles. The molecule has 0 amide bonds. The Balaban J connectivity index is 1.97. The van der Waals surface area contributed by atoms with Crippen LogP contribution in [0.2, 0.25) is 5.02 Å². The maximum Gasteiger partial charge on any atom is 0.132 e. The van der Waals surface area contributed by atoms with Crippen LogP contribution in [-0.2, 0) is 6.42 Å². The first-order chi connectivity index (χ1) is 13.3. The van der Waals surface area contributed by atoms with Crippen LogP contribution < -0.4 is 4.90 Å². The van der Waals surface area contributed by atoms with E-state index < -0.39 is 17.7 Å². The Morgan fingerprint density at radius 3 is 2.32 bits per heavy atom. The van der Waals surface area contributed by atoms with E-state index >= 15 is 0 Å². The van der Waals surface area contributed by atoms with Crippen molar-refractivity contribution < 1.29 is 13.9 Å². The van der Waals surface area contributed by atoms with Crippen LogP contribution in [0.15, 0.2) is 59.1 Å². The molecule has 0 bridgehead atoms.